The van der Waals surface area contributed by atoms with Crippen molar-refractivity contribution in [1.29, 1.82) is 0 Å². The number of carbonyl (C=O) groups is 4. The average molecular weight is 414 g/mol. The Labute approximate surface area is 174 Å². The predicted molar refractivity (Wildman–Crippen MR) is 112 cm³/mol. The molecule has 4 N–H and O–H groups in total. The fourth-order valence-electron chi connectivity index (χ4n) is 2.78. The van der Waals surface area contributed by atoms with Crippen molar-refractivity contribution in [3.8, 4) is 0 Å². The van der Waals surface area contributed by atoms with E-state index in [-0.39, 0.29) is 5.91 Å². The van der Waals surface area contributed by atoms with Gasteiger partial charge in [0.25, 0.3) is 0 Å². The Kier molecular flexibility index (Phi) is 14.6. The van der Waals surface area contributed by atoms with Crippen molar-refractivity contribution in [2.45, 2.75) is 110 Å². The first-order valence-corrected chi connectivity index (χ1v) is 10.8. The molecule has 0 aromatic heterocycles. The summed E-state index contributed by atoms with van der Waals surface area (Å²) in [5.74, 6) is -2.43. The number of aliphatic carboxylic acids is 1. The molecule has 0 heterocycles. The molecule has 0 saturated heterocycles. The van der Waals surface area contributed by atoms with Gasteiger partial charge in [-0.2, -0.15) is 0 Å². The van der Waals surface area contributed by atoms with Crippen LogP contribution in [0.5, 0.6) is 0 Å². The maximum Gasteiger partial charge on any atom is 0.325 e. The Hall–Kier alpha value is -2.12. The lowest BCUT2D eigenvalue weighted by Gasteiger charge is -2.19. The first kappa shape index (κ1) is 26.9. The Morgan fingerprint density at radius 1 is 0.655 bits per heavy atom. The van der Waals surface area contributed by atoms with Crippen LogP contribution in [-0.2, 0) is 19.2 Å². The van der Waals surface area contributed by atoms with Gasteiger partial charge in [0.1, 0.15) is 18.1 Å². The lowest BCUT2D eigenvalue weighted by molar-refractivity contribution is -0.141. The Morgan fingerprint density at radius 3 is 1.55 bits per heavy atom. The second kappa shape index (κ2) is 15.8. The van der Waals surface area contributed by atoms with Gasteiger partial charge in [0, 0.05) is 6.42 Å². The van der Waals surface area contributed by atoms with E-state index in [1.165, 1.54) is 52.4 Å². The van der Waals surface area contributed by atoms with Gasteiger partial charge < -0.3 is 21.1 Å². The van der Waals surface area contributed by atoms with Crippen molar-refractivity contribution in [2.75, 3.05) is 0 Å². The summed E-state index contributed by atoms with van der Waals surface area (Å²) < 4.78 is 0. The molecule has 3 amide bonds. The maximum absolute atomic E-state index is 12.1. The third kappa shape index (κ3) is 13.7. The third-order valence-corrected chi connectivity index (χ3v) is 4.76. The van der Waals surface area contributed by atoms with Crippen LogP contribution in [0, 0.1) is 0 Å². The summed E-state index contributed by atoms with van der Waals surface area (Å²) in [6, 6.07) is -2.72. The van der Waals surface area contributed by atoms with Gasteiger partial charge in [-0.1, -0.05) is 58.3 Å². The minimum absolute atomic E-state index is 0.188. The minimum atomic E-state index is -1.16. The van der Waals surface area contributed by atoms with E-state index < -0.39 is 35.9 Å². The van der Waals surface area contributed by atoms with Gasteiger partial charge >= 0.3 is 5.97 Å². The molecule has 0 radical (unpaired) electrons. The van der Waals surface area contributed by atoms with Crippen LogP contribution < -0.4 is 16.0 Å². The van der Waals surface area contributed by atoms with Gasteiger partial charge in [0.2, 0.25) is 17.7 Å². The highest BCUT2D eigenvalue weighted by molar-refractivity contribution is 5.92. The molecule has 29 heavy (non-hydrogen) atoms. The van der Waals surface area contributed by atoms with E-state index >= 15 is 0 Å². The summed E-state index contributed by atoms with van der Waals surface area (Å²) in [6.45, 7) is 6.55. The van der Waals surface area contributed by atoms with Gasteiger partial charge in [-0.05, 0) is 27.2 Å². The molecule has 8 heteroatoms. The molecule has 0 aromatic rings. The number of hydrogen-bond donors (Lipinski definition) is 4. The summed E-state index contributed by atoms with van der Waals surface area (Å²) in [6.07, 6.45) is 10.9. The topological polar surface area (TPSA) is 125 Å². The maximum atomic E-state index is 12.1. The van der Waals surface area contributed by atoms with E-state index in [4.69, 9.17) is 5.11 Å². The normalized spacial score (nSPS) is 13.8. The predicted octanol–water partition coefficient (Wildman–Crippen LogP) is 2.51. The van der Waals surface area contributed by atoms with Gasteiger partial charge in [0.15, 0.2) is 0 Å². The second-order valence-corrected chi connectivity index (χ2v) is 7.67. The fourth-order valence-corrected chi connectivity index (χ4v) is 2.78. The van der Waals surface area contributed by atoms with Crippen molar-refractivity contribution in [2.24, 2.45) is 0 Å². The number of carbonyl (C=O) groups excluding carboxylic acids is 3. The second-order valence-electron chi connectivity index (χ2n) is 7.67. The van der Waals surface area contributed by atoms with E-state index in [0.717, 1.165) is 19.3 Å². The van der Waals surface area contributed by atoms with E-state index in [2.05, 4.69) is 22.9 Å². The molecule has 0 aliphatic heterocycles. The molecule has 3 atom stereocenters. The molecule has 0 saturated carbocycles. The fraction of sp³-hybridized carbons (Fsp3) is 0.810. The van der Waals surface area contributed by atoms with Crippen molar-refractivity contribution in [3.63, 3.8) is 0 Å². The number of carboxylic acid groups (broad SMARTS) is 1. The first-order valence-electron chi connectivity index (χ1n) is 10.8. The van der Waals surface area contributed by atoms with E-state index in [0.29, 0.717) is 6.42 Å². The average Bonchev–Trinajstić information content (AvgIpc) is 2.66. The molecule has 0 spiro atoms. The van der Waals surface area contributed by atoms with Crippen molar-refractivity contribution >= 4 is 23.7 Å². The summed E-state index contributed by atoms with van der Waals surface area (Å²) >= 11 is 0. The zero-order valence-corrected chi connectivity index (χ0v) is 18.4. The number of hydrogen-bond acceptors (Lipinski definition) is 4. The summed E-state index contributed by atoms with van der Waals surface area (Å²) in [5.41, 5.74) is 0. The Bertz CT molecular complexity index is 524. The standard InChI is InChI=1S/C21H39N3O5/c1-5-6-7-8-9-10-11-12-13-14-18(25)22-15(2)19(26)23-16(3)20(27)24-17(4)21(28)29/h15-17H,5-14H2,1-4H3,(H,22,25)(H,23,26)(H,24,27)(H,28,29)/t15-,16-,17-/m0/s1. The monoisotopic (exact) mass is 413 g/mol. The van der Waals surface area contributed by atoms with Crippen LogP contribution in [0.15, 0.2) is 0 Å². The molecule has 0 aliphatic rings. The molecule has 0 aliphatic carbocycles. The van der Waals surface area contributed by atoms with Crippen LogP contribution >= 0.6 is 0 Å². The molecule has 0 bridgehead atoms. The highest BCUT2D eigenvalue weighted by Crippen LogP contribution is 2.10. The van der Waals surface area contributed by atoms with Gasteiger partial charge in [-0.25, -0.2) is 0 Å². The largest absolute Gasteiger partial charge is 0.480 e. The number of unbranched alkanes of at least 4 members (excludes halogenated alkanes) is 8. The molecule has 0 fully saturated rings. The smallest absolute Gasteiger partial charge is 0.325 e. The molecular formula is C21H39N3O5. The first-order chi connectivity index (χ1) is 13.7. The summed E-state index contributed by atoms with van der Waals surface area (Å²) in [7, 11) is 0. The highest BCUT2D eigenvalue weighted by atomic mass is 16.4. The van der Waals surface area contributed by atoms with Crippen molar-refractivity contribution in [1.82, 2.24) is 16.0 Å². The van der Waals surface area contributed by atoms with E-state index in [9.17, 15) is 19.2 Å². The minimum Gasteiger partial charge on any atom is -0.480 e. The number of rotatable bonds is 16. The van der Waals surface area contributed by atoms with Crippen LogP contribution in [-0.4, -0.2) is 46.9 Å². The van der Waals surface area contributed by atoms with Gasteiger partial charge in [-0.3, -0.25) is 19.2 Å². The van der Waals surface area contributed by atoms with Gasteiger partial charge in [-0.15, -0.1) is 0 Å². The molecule has 8 nitrogen and oxygen atoms in total. The Morgan fingerprint density at radius 2 is 1.07 bits per heavy atom. The highest BCUT2D eigenvalue weighted by Gasteiger charge is 2.23. The van der Waals surface area contributed by atoms with Crippen molar-refractivity contribution < 1.29 is 24.3 Å². The summed E-state index contributed by atoms with van der Waals surface area (Å²) in [4.78, 5) is 46.7. The SMILES string of the molecule is CCCCCCCCCCCC(=O)N[C@@H](C)C(=O)N[C@@H](C)C(=O)N[C@@H](C)C(=O)O. The van der Waals surface area contributed by atoms with Gasteiger partial charge in [0.05, 0.1) is 0 Å². The molecule has 0 unspecified atom stereocenters. The number of nitrogens with one attached hydrogen (secondary N) is 3. The van der Waals surface area contributed by atoms with Crippen LogP contribution in [0.3, 0.4) is 0 Å². The zero-order chi connectivity index (χ0) is 22.2. The Balaban J connectivity index is 3.96. The zero-order valence-electron chi connectivity index (χ0n) is 18.4. The molecular weight excluding hydrogens is 374 g/mol. The molecule has 0 rings (SSSR count). The third-order valence-electron chi connectivity index (χ3n) is 4.76. The van der Waals surface area contributed by atoms with E-state index in [1.807, 2.05) is 0 Å². The summed E-state index contributed by atoms with van der Waals surface area (Å²) in [5, 5.41) is 16.2. The van der Waals surface area contributed by atoms with Crippen LogP contribution in [0.2, 0.25) is 0 Å². The van der Waals surface area contributed by atoms with E-state index in [1.54, 1.807) is 6.92 Å². The van der Waals surface area contributed by atoms with Crippen LogP contribution in [0.4, 0.5) is 0 Å². The number of carboxylic acids is 1. The van der Waals surface area contributed by atoms with Crippen molar-refractivity contribution in [3.05, 3.63) is 0 Å². The molecule has 0 aromatic carbocycles. The molecule has 168 valence electrons. The lowest BCUT2D eigenvalue weighted by Crippen LogP contribution is -2.53. The quantitative estimate of drug-likeness (QED) is 0.289. The van der Waals surface area contributed by atoms with Crippen LogP contribution in [0.1, 0.15) is 91.9 Å². The lowest BCUT2D eigenvalue weighted by atomic mass is 10.1. The number of amides is 3. The van der Waals surface area contributed by atoms with Crippen LogP contribution in [0.25, 0.3) is 0 Å².